The fourth-order valence-electron chi connectivity index (χ4n) is 9.76. The Morgan fingerprint density at radius 1 is 0.371 bits per heavy atom. The van der Waals surface area contributed by atoms with Gasteiger partial charge in [-0.05, 0) is 138 Å². The molecule has 3 heterocycles. The molecule has 7 aromatic carbocycles. The van der Waals surface area contributed by atoms with E-state index in [-0.39, 0.29) is 28.4 Å². The summed E-state index contributed by atoms with van der Waals surface area (Å²) in [5.41, 5.74) is 20.7. The van der Waals surface area contributed by atoms with Crippen LogP contribution in [0.2, 0.25) is 0 Å². The molecule has 8 aromatic rings. The van der Waals surface area contributed by atoms with Crippen molar-refractivity contribution < 1.29 is 4.42 Å². The van der Waals surface area contributed by atoms with Gasteiger partial charge in [0.15, 0.2) is 0 Å². The minimum absolute atomic E-state index is 0.0177. The first-order valence-corrected chi connectivity index (χ1v) is 22.5. The Morgan fingerprint density at radius 2 is 0.935 bits per heavy atom. The number of anilines is 6. The summed E-state index contributed by atoms with van der Waals surface area (Å²) in [5.74, 6) is 0. The highest BCUT2D eigenvalue weighted by atomic mass is 16.3. The van der Waals surface area contributed by atoms with E-state index in [1.807, 2.05) is 6.07 Å². The van der Waals surface area contributed by atoms with Crippen LogP contribution in [0.4, 0.5) is 34.1 Å². The van der Waals surface area contributed by atoms with E-state index in [1.165, 1.54) is 67.1 Å². The van der Waals surface area contributed by atoms with Crippen LogP contribution in [-0.2, 0) is 21.7 Å². The lowest BCUT2D eigenvalue weighted by Crippen LogP contribution is -2.61. The number of fused-ring (bicyclic) bond motifs is 7. The summed E-state index contributed by atoms with van der Waals surface area (Å²) >= 11 is 0. The zero-order valence-corrected chi connectivity index (χ0v) is 38.7. The Balaban J connectivity index is 1.26. The summed E-state index contributed by atoms with van der Waals surface area (Å²) in [5, 5.41) is 2.29. The fourth-order valence-corrected chi connectivity index (χ4v) is 9.76. The third-order valence-corrected chi connectivity index (χ3v) is 13.5. The van der Waals surface area contributed by atoms with Gasteiger partial charge in [0.2, 0.25) is 0 Å². The molecule has 3 nitrogen and oxygen atoms in total. The molecule has 0 unspecified atom stereocenters. The Morgan fingerprint density at radius 3 is 1.61 bits per heavy atom. The molecule has 310 valence electrons. The molecule has 0 bridgehead atoms. The van der Waals surface area contributed by atoms with E-state index < -0.39 is 0 Å². The van der Waals surface area contributed by atoms with Gasteiger partial charge in [0.1, 0.15) is 11.2 Å². The number of nitrogens with zero attached hydrogens (tertiary/aromatic N) is 2. The van der Waals surface area contributed by atoms with Gasteiger partial charge in [-0.1, -0.05) is 156 Å². The van der Waals surface area contributed by atoms with Crippen molar-refractivity contribution in [2.75, 3.05) is 9.80 Å². The lowest BCUT2D eigenvalue weighted by atomic mass is 9.33. The second-order valence-corrected chi connectivity index (χ2v) is 22.0. The number of hydrogen-bond donors (Lipinski definition) is 0. The summed E-state index contributed by atoms with van der Waals surface area (Å²) in [6, 6.07) is 53.0. The van der Waals surface area contributed by atoms with Crippen molar-refractivity contribution in [1.82, 2.24) is 0 Å². The van der Waals surface area contributed by atoms with Crippen LogP contribution in [0, 0.1) is 0 Å². The monoisotopic (exact) mass is 810 g/mol. The van der Waals surface area contributed by atoms with Crippen LogP contribution in [0.1, 0.15) is 105 Å². The Kier molecular flexibility index (Phi) is 8.89. The topological polar surface area (TPSA) is 19.6 Å². The smallest absolute Gasteiger partial charge is 0.252 e. The maximum Gasteiger partial charge on any atom is 0.252 e. The minimum Gasteiger partial charge on any atom is -0.456 e. The maximum absolute atomic E-state index is 6.39. The molecule has 0 fully saturated rings. The molecule has 0 radical (unpaired) electrons. The molecule has 0 atom stereocenters. The third kappa shape index (κ3) is 6.57. The number of rotatable bonds is 3. The van der Waals surface area contributed by atoms with Crippen LogP contribution < -0.4 is 26.2 Å². The van der Waals surface area contributed by atoms with E-state index in [9.17, 15) is 0 Å². The van der Waals surface area contributed by atoms with Crippen LogP contribution in [0.3, 0.4) is 0 Å². The van der Waals surface area contributed by atoms with Gasteiger partial charge in [-0.25, -0.2) is 0 Å². The van der Waals surface area contributed by atoms with Gasteiger partial charge in [-0.2, -0.15) is 0 Å². The lowest BCUT2D eigenvalue weighted by Gasteiger charge is -2.45. The molecule has 62 heavy (non-hydrogen) atoms. The van der Waals surface area contributed by atoms with Crippen LogP contribution in [0.5, 0.6) is 0 Å². The van der Waals surface area contributed by atoms with Crippen molar-refractivity contribution in [1.29, 1.82) is 0 Å². The first-order chi connectivity index (χ1) is 29.3. The van der Waals surface area contributed by atoms with Crippen molar-refractivity contribution >= 4 is 79.2 Å². The molecule has 0 aliphatic carbocycles. The third-order valence-electron chi connectivity index (χ3n) is 13.5. The fraction of sp³-hybridized carbons (Fsp3) is 0.276. The van der Waals surface area contributed by atoms with Crippen LogP contribution in [0.15, 0.2) is 144 Å². The SMILES string of the molecule is CC(C)(C)c1ccc(N2c3cc(C(C)(C)C)ccc3B3c4cc(C(C)(C)C)ccc4N(c4cccc(-c5ccc6c(c5)oc5ccccc56)c4)c4cc(C(C)(C)C)cc2c43)cc1. The Labute approximate surface area is 369 Å². The maximum atomic E-state index is 6.39. The highest BCUT2D eigenvalue weighted by Gasteiger charge is 2.45. The largest absolute Gasteiger partial charge is 0.456 e. The molecule has 0 saturated heterocycles. The van der Waals surface area contributed by atoms with Gasteiger partial charge in [-0.3, -0.25) is 0 Å². The predicted octanol–water partition coefficient (Wildman–Crippen LogP) is 14.5. The molecule has 0 amide bonds. The molecule has 2 aliphatic heterocycles. The zero-order valence-electron chi connectivity index (χ0n) is 38.7. The molecule has 0 spiro atoms. The van der Waals surface area contributed by atoms with E-state index in [4.69, 9.17) is 4.42 Å². The first-order valence-electron chi connectivity index (χ1n) is 22.5. The average Bonchev–Trinajstić information content (AvgIpc) is 3.60. The van der Waals surface area contributed by atoms with Gasteiger partial charge in [0, 0.05) is 44.9 Å². The molecule has 4 heteroatoms. The number of hydrogen-bond acceptors (Lipinski definition) is 3. The van der Waals surface area contributed by atoms with Gasteiger partial charge in [-0.15, -0.1) is 0 Å². The van der Waals surface area contributed by atoms with Crippen molar-refractivity contribution in [3.05, 3.63) is 162 Å². The number of para-hydroxylation sites is 1. The van der Waals surface area contributed by atoms with Crippen molar-refractivity contribution in [2.24, 2.45) is 0 Å². The minimum atomic E-state index is -0.109. The molecular weight excluding hydrogens is 751 g/mol. The number of furan rings is 1. The molecule has 1 aromatic heterocycles. The van der Waals surface area contributed by atoms with Crippen LogP contribution in [0.25, 0.3) is 33.1 Å². The van der Waals surface area contributed by atoms with Crippen LogP contribution >= 0.6 is 0 Å². The second kappa shape index (κ2) is 13.8. The van der Waals surface area contributed by atoms with E-state index in [0.29, 0.717) is 0 Å². The normalized spacial score (nSPS) is 14.0. The van der Waals surface area contributed by atoms with E-state index in [2.05, 4.69) is 226 Å². The highest BCUT2D eigenvalue weighted by molar-refractivity contribution is 7.00. The second-order valence-electron chi connectivity index (χ2n) is 22.0. The first kappa shape index (κ1) is 40.1. The van der Waals surface area contributed by atoms with Crippen molar-refractivity contribution in [3.8, 4) is 11.1 Å². The Bertz CT molecular complexity index is 3070. The van der Waals surface area contributed by atoms with E-state index in [0.717, 1.165) is 38.8 Å². The van der Waals surface area contributed by atoms with E-state index >= 15 is 0 Å². The molecule has 0 N–H and O–H groups in total. The van der Waals surface area contributed by atoms with E-state index in [1.54, 1.807) is 0 Å². The van der Waals surface area contributed by atoms with Crippen molar-refractivity contribution in [2.45, 2.75) is 105 Å². The molecule has 0 saturated carbocycles. The predicted molar refractivity (Wildman–Crippen MR) is 268 cm³/mol. The summed E-state index contributed by atoms with van der Waals surface area (Å²) in [6.45, 7) is 28.0. The van der Waals surface area contributed by atoms with Crippen molar-refractivity contribution in [3.63, 3.8) is 0 Å². The number of benzene rings is 7. The molecule has 2 aliphatic rings. The Hall–Kier alpha value is -6.00. The van der Waals surface area contributed by atoms with Gasteiger partial charge in [0.05, 0.1) is 0 Å². The quantitative estimate of drug-likeness (QED) is 0.166. The lowest BCUT2D eigenvalue weighted by molar-refractivity contribution is 0.589. The summed E-state index contributed by atoms with van der Waals surface area (Å²) in [4.78, 5) is 5.14. The van der Waals surface area contributed by atoms with Crippen LogP contribution in [-0.4, -0.2) is 6.71 Å². The summed E-state index contributed by atoms with van der Waals surface area (Å²) < 4.78 is 6.39. The van der Waals surface area contributed by atoms with Gasteiger partial charge >= 0.3 is 0 Å². The summed E-state index contributed by atoms with van der Waals surface area (Å²) in [6.07, 6.45) is 0. The van der Waals surface area contributed by atoms with Gasteiger partial charge in [0.25, 0.3) is 6.71 Å². The summed E-state index contributed by atoms with van der Waals surface area (Å²) in [7, 11) is 0. The zero-order chi connectivity index (χ0) is 43.7. The molecule has 10 rings (SSSR count). The average molecular weight is 811 g/mol. The van der Waals surface area contributed by atoms with Gasteiger partial charge < -0.3 is 14.2 Å². The standard InChI is InChI=1S/C58H59BN2O/c1-55(2,3)38-21-25-42(26-22-38)60-49-33-40(57(7,8)9)23-28-46(49)59-47-32-39(56(4,5)6)24-29-48(47)61(51-35-41(58(10,11)12)34-50(60)54(51)59)43-17-15-16-36(30-43)37-20-27-45-44-18-13-14-19-52(44)62-53(45)31-37/h13-35H,1-12H3. The molecular formula is C58H59BN2O. The highest BCUT2D eigenvalue weighted by Crippen LogP contribution is 2.48.